The first-order valence-electron chi connectivity index (χ1n) is 10.1. The first-order valence-corrected chi connectivity index (χ1v) is 11.6. The predicted octanol–water partition coefficient (Wildman–Crippen LogP) is 3.67. The Morgan fingerprint density at radius 1 is 0.903 bits per heavy atom. The van der Waals surface area contributed by atoms with E-state index >= 15 is 0 Å². The first kappa shape index (κ1) is 20.0. The number of hydrogen-bond acceptors (Lipinski definition) is 6. The minimum atomic E-state index is -3.30. The number of hydrogen-bond donors (Lipinski definition) is 3. The Morgan fingerprint density at radius 3 is 2.13 bits per heavy atom. The summed E-state index contributed by atoms with van der Waals surface area (Å²) in [5.74, 6) is 1.38. The quantitative estimate of drug-likeness (QED) is 0.579. The highest BCUT2D eigenvalue weighted by atomic mass is 32.2. The molecule has 2 heterocycles. The van der Waals surface area contributed by atoms with E-state index in [0.717, 1.165) is 11.4 Å². The van der Waals surface area contributed by atoms with Crippen LogP contribution in [0, 0.1) is 4.78 Å². The van der Waals surface area contributed by atoms with E-state index in [2.05, 4.69) is 4.72 Å². The molecule has 5 rings (SSSR count). The summed E-state index contributed by atoms with van der Waals surface area (Å²) in [4.78, 5) is 2.38. The highest BCUT2D eigenvalue weighted by molar-refractivity contribution is 7.90. The van der Waals surface area contributed by atoms with Crippen LogP contribution in [0.15, 0.2) is 83.8 Å². The molecule has 160 valence electrons. The number of aliphatic hydroxyl groups is 1. The molecule has 3 aromatic rings. The van der Waals surface area contributed by atoms with Gasteiger partial charge in [-0.1, -0.05) is 42.5 Å². The molecule has 3 N–H and O–H groups in total. The zero-order valence-corrected chi connectivity index (χ0v) is 17.5. The van der Waals surface area contributed by atoms with Crippen molar-refractivity contribution in [3.8, 4) is 11.5 Å². The summed E-state index contributed by atoms with van der Waals surface area (Å²) < 4.78 is 36.1. The van der Waals surface area contributed by atoms with Crippen molar-refractivity contribution in [1.82, 2.24) is 4.72 Å². The molecule has 2 aliphatic rings. The minimum absolute atomic E-state index is 0.161. The predicted molar refractivity (Wildman–Crippen MR) is 118 cm³/mol. The van der Waals surface area contributed by atoms with E-state index in [1.54, 1.807) is 30.3 Å². The fourth-order valence-electron chi connectivity index (χ4n) is 4.10. The van der Waals surface area contributed by atoms with Gasteiger partial charge < -0.3 is 19.5 Å². The molecule has 1 fully saturated rings. The van der Waals surface area contributed by atoms with Gasteiger partial charge in [-0.05, 0) is 36.4 Å². The van der Waals surface area contributed by atoms with Crippen molar-refractivity contribution < 1.29 is 18.8 Å². The molecular weight excluding hydrogens is 414 g/mol. The second kappa shape index (κ2) is 7.97. The van der Waals surface area contributed by atoms with E-state index in [1.807, 2.05) is 53.4 Å². The Labute approximate surface area is 181 Å². The highest BCUT2D eigenvalue weighted by Crippen LogP contribution is 2.48. The second-order valence-corrected chi connectivity index (χ2v) is 9.42. The van der Waals surface area contributed by atoms with Crippen LogP contribution in [0.4, 0.5) is 11.4 Å². The molecule has 4 atom stereocenters. The average Bonchev–Trinajstić information content (AvgIpc) is 2.80. The van der Waals surface area contributed by atoms with Crippen molar-refractivity contribution >= 4 is 21.3 Å². The molecule has 31 heavy (non-hydrogen) atoms. The molecule has 8 heteroatoms. The molecule has 2 aliphatic heterocycles. The SMILES string of the molecule is N=S(=O)(NC1COCC(N2c3ccccc3Oc3ccccc32)C1O)c1ccccc1. The molecular formula is C23H23N3O4S. The van der Waals surface area contributed by atoms with E-state index in [4.69, 9.17) is 14.3 Å². The van der Waals surface area contributed by atoms with Crippen molar-refractivity contribution in [3.63, 3.8) is 0 Å². The van der Waals surface area contributed by atoms with E-state index in [9.17, 15) is 9.32 Å². The third kappa shape index (κ3) is 3.68. The zero-order valence-electron chi connectivity index (χ0n) is 16.7. The highest BCUT2D eigenvalue weighted by Gasteiger charge is 2.41. The lowest BCUT2D eigenvalue weighted by atomic mass is 9.98. The van der Waals surface area contributed by atoms with Gasteiger partial charge in [-0.3, -0.25) is 0 Å². The Balaban J connectivity index is 1.48. The fraction of sp³-hybridized carbons (Fsp3) is 0.217. The monoisotopic (exact) mass is 437 g/mol. The van der Waals surface area contributed by atoms with Crippen molar-refractivity contribution in [3.05, 3.63) is 78.9 Å². The molecule has 4 unspecified atom stereocenters. The third-order valence-corrected chi connectivity index (χ3v) is 7.16. The van der Waals surface area contributed by atoms with E-state index in [0.29, 0.717) is 16.4 Å². The van der Waals surface area contributed by atoms with Crippen LogP contribution in [-0.4, -0.2) is 40.7 Å². The Morgan fingerprint density at radius 2 is 1.48 bits per heavy atom. The summed E-state index contributed by atoms with van der Waals surface area (Å²) in [6.45, 7) is 0.445. The van der Waals surface area contributed by atoms with Crippen molar-refractivity contribution in [1.29, 1.82) is 4.78 Å². The summed E-state index contributed by atoms with van der Waals surface area (Å²) >= 11 is 0. The van der Waals surface area contributed by atoms with Crippen LogP contribution in [0.1, 0.15) is 0 Å². The van der Waals surface area contributed by atoms with Crippen molar-refractivity contribution in [2.24, 2.45) is 0 Å². The molecule has 0 spiro atoms. The number of anilines is 2. The first-order chi connectivity index (χ1) is 15.0. The van der Waals surface area contributed by atoms with E-state index in [1.165, 1.54) is 0 Å². The van der Waals surface area contributed by atoms with Gasteiger partial charge in [0.05, 0.1) is 47.7 Å². The number of fused-ring (bicyclic) bond motifs is 2. The second-order valence-electron chi connectivity index (χ2n) is 7.60. The maximum absolute atomic E-state index is 13.0. The zero-order chi connectivity index (χ0) is 21.4. The Hall–Kier alpha value is -2.91. The summed E-state index contributed by atoms with van der Waals surface area (Å²) in [5.41, 5.74) is 1.65. The topological polar surface area (TPSA) is 94.9 Å². The number of para-hydroxylation sites is 4. The van der Waals surface area contributed by atoms with Crippen LogP contribution in [0.2, 0.25) is 0 Å². The largest absolute Gasteiger partial charge is 0.453 e. The van der Waals surface area contributed by atoms with E-state index < -0.39 is 28.1 Å². The average molecular weight is 438 g/mol. The number of ether oxygens (including phenoxy) is 2. The molecule has 0 radical (unpaired) electrons. The van der Waals surface area contributed by atoms with Crippen LogP contribution in [-0.2, 0) is 14.7 Å². The minimum Gasteiger partial charge on any atom is -0.453 e. The van der Waals surface area contributed by atoms with Gasteiger partial charge in [-0.2, -0.15) is 0 Å². The normalized spacial score (nSPS) is 24.4. The number of nitrogens with zero attached hydrogens (tertiary/aromatic N) is 1. The summed E-state index contributed by atoms with van der Waals surface area (Å²) in [6, 6.07) is 22.7. The van der Waals surface area contributed by atoms with Crippen LogP contribution >= 0.6 is 0 Å². The number of benzene rings is 3. The number of nitrogens with one attached hydrogen (secondary N) is 2. The van der Waals surface area contributed by atoms with Crippen molar-refractivity contribution in [2.45, 2.75) is 23.1 Å². The van der Waals surface area contributed by atoms with Gasteiger partial charge in [0.25, 0.3) is 0 Å². The van der Waals surface area contributed by atoms with Gasteiger partial charge in [-0.15, -0.1) is 0 Å². The lowest BCUT2D eigenvalue weighted by molar-refractivity contribution is -0.0242. The number of rotatable bonds is 4. The molecule has 0 amide bonds. The van der Waals surface area contributed by atoms with Gasteiger partial charge in [0.2, 0.25) is 0 Å². The molecule has 7 nitrogen and oxygen atoms in total. The van der Waals surface area contributed by atoms with Crippen LogP contribution in [0.5, 0.6) is 11.5 Å². The molecule has 3 aromatic carbocycles. The smallest absolute Gasteiger partial charge is 0.151 e. The van der Waals surface area contributed by atoms with Gasteiger partial charge in [-0.25, -0.2) is 13.7 Å². The summed E-state index contributed by atoms with van der Waals surface area (Å²) in [6.07, 6.45) is -0.928. The fourth-order valence-corrected chi connectivity index (χ4v) is 5.41. The summed E-state index contributed by atoms with van der Waals surface area (Å²) in [5, 5.41) is 11.3. The Bertz CT molecular complexity index is 1140. The molecule has 0 bridgehead atoms. The van der Waals surface area contributed by atoms with Crippen molar-refractivity contribution in [2.75, 3.05) is 18.1 Å². The maximum Gasteiger partial charge on any atom is 0.151 e. The lowest BCUT2D eigenvalue weighted by Gasteiger charge is -2.44. The molecule has 1 saturated heterocycles. The Kier molecular flexibility index (Phi) is 5.15. The molecule has 0 aliphatic carbocycles. The van der Waals surface area contributed by atoms with E-state index in [-0.39, 0.29) is 13.2 Å². The standard InChI is InChI=1S/C23H23N3O4S/c24-31(28,16-8-2-1-3-9-16)25-17-14-29-15-20(23(17)27)26-18-10-4-6-12-21(18)30-22-13-7-5-11-19(22)26/h1-13,17,20,23,27H,14-15H2,(H2,24,25,28). The van der Waals surface area contributed by atoms with Gasteiger partial charge >= 0.3 is 0 Å². The number of aliphatic hydroxyl groups excluding tert-OH is 1. The molecule has 0 saturated carbocycles. The van der Waals surface area contributed by atoms with Crippen LogP contribution in [0.25, 0.3) is 0 Å². The molecule has 0 aromatic heterocycles. The third-order valence-electron chi connectivity index (χ3n) is 5.59. The van der Waals surface area contributed by atoms with Gasteiger partial charge in [0.1, 0.15) is 9.92 Å². The van der Waals surface area contributed by atoms with Gasteiger partial charge in [0, 0.05) is 0 Å². The lowest BCUT2D eigenvalue weighted by Crippen LogP contribution is -2.60. The summed E-state index contributed by atoms with van der Waals surface area (Å²) in [7, 11) is -3.30. The van der Waals surface area contributed by atoms with Crippen LogP contribution < -0.4 is 14.4 Å². The van der Waals surface area contributed by atoms with Crippen LogP contribution in [0.3, 0.4) is 0 Å². The van der Waals surface area contributed by atoms with Gasteiger partial charge in [0.15, 0.2) is 11.5 Å². The maximum atomic E-state index is 13.0.